The summed E-state index contributed by atoms with van der Waals surface area (Å²) in [6.45, 7) is 6.53. The first-order chi connectivity index (χ1) is 10.0. The van der Waals surface area contributed by atoms with E-state index < -0.39 is 5.97 Å². The lowest BCUT2D eigenvalue weighted by Gasteiger charge is -2.21. The smallest absolute Gasteiger partial charge is 0.303 e. The maximum Gasteiger partial charge on any atom is 0.303 e. The number of aliphatic carboxylic acids is 1. The minimum absolute atomic E-state index is 0.0228. The van der Waals surface area contributed by atoms with Crippen molar-refractivity contribution in [2.45, 2.75) is 71.8 Å². The molecule has 0 aliphatic carbocycles. The van der Waals surface area contributed by atoms with Crippen LogP contribution < -0.4 is 5.73 Å². The lowest BCUT2D eigenvalue weighted by atomic mass is 9.87. The zero-order valence-electron chi connectivity index (χ0n) is 13.6. The summed E-state index contributed by atoms with van der Waals surface area (Å²) in [4.78, 5) is 10.6. The van der Waals surface area contributed by atoms with Crippen molar-refractivity contribution in [2.24, 2.45) is 5.73 Å². The van der Waals surface area contributed by atoms with Crippen LogP contribution in [0.5, 0.6) is 0 Å². The fourth-order valence-corrected chi connectivity index (χ4v) is 2.90. The molecule has 0 spiro atoms. The van der Waals surface area contributed by atoms with Crippen LogP contribution in [0.25, 0.3) is 0 Å². The van der Waals surface area contributed by atoms with E-state index in [1.807, 2.05) is 0 Å². The number of hydrogen-bond acceptors (Lipinski definition) is 2. The van der Waals surface area contributed by atoms with Gasteiger partial charge in [0.1, 0.15) is 0 Å². The molecule has 1 aromatic rings. The van der Waals surface area contributed by atoms with Gasteiger partial charge in [0.05, 0.1) is 0 Å². The van der Waals surface area contributed by atoms with Gasteiger partial charge >= 0.3 is 5.97 Å². The molecule has 0 saturated carbocycles. The molecule has 0 aromatic heterocycles. The van der Waals surface area contributed by atoms with Crippen molar-refractivity contribution < 1.29 is 9.90 Å². The topological polar surface area (TPSA) is 63.3 Å². The molecule has 118 valence electrons. The molecule has 0 radical (unpaired) electrons. The van der Waals surface area contributed by atoms with Crippen LogP contribution in [0.3, 0.4) is 0 Å². The zero-order chi connectivity index (χ0) is 15.8. The molecular formula is C18H29NO2. The highest BCUT2D eigenvalue weighted by molar-refractivity contribution is 5.66. The van der Waals surface area contributed by atoms with Gasteiger partial charge in [-0.1, -0.05) is 39.3 Å². The molecule has 0 saturated heterocycles. The van der Waals surface area contributed by atoms with Crippen LogP contribution in [0, 0.1) is 0 Å². The zero-order valence-corrected chi connectivity index (χ0v) is 13.6. The lowest BCUT2D eigenvalue weighted by Crippen LogP contribution is -2.16. The fourth-order valence-electron chi connectivity index (χ4n) is 2.90. The summed E-state index contributed by atoms with van der Waals surface area (Å²) in [5.74, 6) is -0.723. The highest BCUT2D eigenvalue weighted by Crippen LogP contribution is 2.28. The quantitative estimate of drug-likeness (QED) is 0.675. The first-order valence-corrected chi connectivity index (χ1v) is 8.15. The van der Waals surface area contributed by atoms with Gasteiger partial charge < -0.3 is 10.8 Å². The van der Waals surface area contributed by atoms with Gasteiger partial charge in [-0.2, -0.15) is 0 Å². The van der Waals surface area contributed by atoms with E-state index in [4.69, 9.17) is 10.8 Å². The Morgan fingerprint density at radius 2 is 1.67 bits per heavy atom. The summed E-state index contributed by atoms with van der Waals surface area (Å²) >= 11 is 0. The van der Waals surface area contributed by atoms with E-state index in [0.29, 0.717) is 6.42 Å². The highest BCUT2D eigenvalue weighted by atomic mass is 16.4. The van der Waals surface area contributed by atoms with Gasteiger partial charge in [-0.15, -0.1) is 0 Å². The summed E-state index contributed by atoms with van der Waals surface area (Å²) in [6.07, 6.45) is 5.72. The number of benzene rings is 1. The number of carbonyl (C=O) groups is 1. The molecule has 3 heteroatoms. The maximum absolute atomic E-state index is 10.6. The second-order valence-corrected chi connectivity index (χ2v) is 5.63. The average Bonchev–Trinajstić information content (AvgIpc) is 2.49. The Hall–Kier alpha value is -1.35. The van der Waals surface area contributed by atoms with Gasteiger partial charge in [-0.25, -0.2) is 0 Å². The lowest BCUT2D eigenvalue weighted by molar-refractivity contribution is -0.137. The molecule has 1 aromatic carbocycles. The van der Waals surface area contributed by atoms with E-state index in [1.165, 1.54) is 22.3 Å². The number of carboxylic acids is 1. The van der Waals surface area contributed by atoms with Crippen molar-refractivity contribution in [1.29, 1.82) is 0 Å². The van der Waals surface area contributed by atoms with Crippen molar-refractivity contribution in [3.63, 3.8) is 0 Å². The van der Waals surface area contributed by atoms with Gasteiger partial charge in [0.25, 0.3) is 0 Å². The molecule has 1 unspecified atom stereocenters. The van der Waals surface area contributed by atoms with Gasteiger partial charge in [-0.05, 0) is 54.4 Å². The number of nitrogens with two attached hydrogens (primary N) is 1. The van der Waals surface area contributed by atoms with E-state index in [1.54, 1.807) is 0 Å². The highest BCUT2D eigenvalue weighted by Gasteiger charge is 2.15. The summed E-state index contributed by atoms with van der Waals surface area (Å²) in [6, 6.07) is 4.59. The minimum atomic E-state index is -0.723. The van der Waals surface area contributed by atoms with Gasteiger partial charge in [0.2, 0.25) is 0 Å². The minimum Gasteiger partial charge on any atom is -0.481 e. The molecule has 0 amide bonds. The van der Waals surface area contributed by atoms with E-state index in [0.717, 1.165) is 32.1 Å². The summed E-state index contributed by atoms with van der Waals surface area (Å²) in [5, 5.41) is 8.69. The van der Waals surface area contributed by atoms with Crippen LogP contribution in [0.15, 0.2) is 12.1 Å². The van der Waals surface area contributed by atoms with Crippen LogP contribution in [0.1, 0.15) is 74.8 Å². The van der Waals surface area contributed by atoms with Crippen molar-refractivity contribution in [2.75, 3.05) is 0 Å². The van der Waals surface area contributed by atoms with E-state index >= 15 is 0 Å². The summed E-state index contributed by atoms with van der Waals surface area (Å²) < 4.78 is 0. The Balaban J connectivity index is 2.86. The average molecular weight is 291 g/mol. The molecule has 21 heavy (non-hydrogen) atoms. The van der Waals surface area contributed by atoms with E-state index in [-0.39, 0.29) is 12.5 Å². The largest absolute Gasteiger partial charge is 0.481 e. The third-order valence-corrected chi connectivity index (χ3v) is 4.11. The maximum atomic E-state index is 10.6. The van der Waals surface area contributed by atoms with Crippen molar-refractivity contribution in [1.82, 2.24) is 0 Å². The molecule has 1 atom stereocenters. The van der Waals surface area contributed by atoms with Crippen LogP contribution in [0.2, 0.25) is 0 Å². The van der Waals surface area contributed by atoms with Crippen LogP contribution in [-0.4, -0.2) is 11.1 Å². The number of carboxylic acid groups (broad SMARTS) is 1. The van der Waals surface area contributed by atoms with Crippen LogP contribution in [-0.2, 0) is 24.1 Å². The molecule has 0 fully saturated rings. The van der Waals surface area contributed by atoms with Crippen molar-refractivity contribution >= 4 is 5.97 Å². The molecular weight excluding hydrogens is 262 g/mol. The third kappa shape index (κ3) is 5.16. The first kappa shape index (κ1) is 17.7. The molecule has 0 bridgehead atoms. The molecule has 0 aliphatic heterocycles. The summed E-state index contributed by atoms with van der Waals surface area (Å²) in [5.41, 5.74) is 11.8. The Bertz CT molecular complexity index is 443. The Morgan fingerprint density at radius 3 is 2.10 bits per heavy atom. The van der Waals surface area contributed by atoms with Crippen LogP contribution in [0.4, 0.5) is 0 Å². The number of aryl methyl sites for hydroxylation is 3. The fraction of sp³-hybridized carbons (Fsp3) is 0.611. The molecule has 3 nitrogen and oxygen atoms in total. The predicted octanol–water partition coefficient (Wildman–Crippen LogP) is 4.02. The Morgan fingerprint density at radius 1 is 1.10 bits per heavy atom. The Labute approximate surface area is 128 Å². The second kappa shape index (κ2) is 8.83. The second-order valence-electron chi connectivity index (χ2n) is 5.63. The predicted molar refractivity (Wildman–Crippen MR) is 87.6 cm³/mol. The standard InChI is InChI=1S/C18H29NO2/c1-4-13-11-14(5-2)18(15(6-3)12-13)16(19)9-7-8-10-17(20)21/h11-12,16H,4-10,19H2,1-3H3,(H,20,21). The number of hydrogen-bond donors (Lipinski definition) is 2. The number of rotatable bonds is 9. The third-order valence-electron chi connectivity index (χ3n) is 4.11. The molecule has 1 rings (SSSR count). The Kier molecular flexibility index (Phi) is 7.44. The monoisotopic (exact) mass is 291 g/mol. The van der Waals surface area contributed by atoms with Crippen LogP contribution >= 0.6 is 0 Å². The van der Waals surface area contributed by atoms with Gasteiger partial charge in [0, 0.05) is 12.5 Å². The number of unbranched alkanes of at least 4 members (excludes halogenated alkanes) is 1. The van der Waals surface area contributed by atoms with E-state index in [9.17, 15) is 4.79 Å². The molecule has 3 N–H and O–H groups in total. The van der Waals surface area contributed by atoms with Crippen molar-refractivity contribution in [3.8, 4) is 0 Å². The molecule has 0 aliphatic rings. The van der Waals surface area contributed by atoms with E-state index in [2.05, 4.69) is 32.9 Å². The van der Waals surface area contributed by atoms with Gasteiger partial charge in [-0.3, -0.25) is 4.79 Å². The normalized spacial score (nSPS) is 12.4. The molecule has 0 heterocycles. The van der Waals surface area contributed by atoms with Crippen molar-refractivity contribution in [3.05, 3.63) is 34.4 Å². The SMILES string of the molecule is CCc1cc(CC)c(C(N)CCCCC(=O)O)c(CC)c1. The summed E-state index contributed by atoms with van der Waals surface area (Å²) in [7, 11) is 0. The first-order valence-electron chi connectivity index (χ1n) is 8.15. The van der Waals surface area contributed by atoms with Gasteiger partial charge in [0.15, 0.2) is 0 Å².